The number of aromatic nitrogens is 4. The zero-order valence-electron chi connectivity index (χ0n) is 17.0. The SMILES string of the molecule is CC1CC1C(=O)Nc1cccc(C(=O)Nc2cnn(Cc3cn4ccccc4n3)c2)c1. The van der Waals surface area contributed by atoms with Gasteiger partial charge in [-0.15, -0.1) is 0 Å². The molecule has 2 unspecified atom stereocenters. The molecule has 0 bridgehead atoms. The summed E-state index contributed by atoms with van der Waals surface area (Å²) < 4.78 is 3.68. The molecule has 0 saturated heterocycles. The van der Waals surface area contributed by atoms with Gasteiger partial charge in [0.2, 0.25) is 5.91 Å². The van der Waals surface area contributed by atoms with Gasteiger partial charge in [0.25, 0.3) is 5.91 Å². The Bertz CT molecular complexity index is 1240. The van der Waals surface area contributed by atoms with Crippen LogP contribution in [0.1, 0.15) is 29.4 Å². The molecule has 8 nitrogen and oxygen atoms in total. The molecule has 1 aliphatic carbocycles. The van der Waals surface area contributed by atoms with Gasteiger partial charge in [0.15, 0.2) is 0 Å². The number of amides is 2. The Morgan fingerprint density at radius 1 is 1.10 bits per heavy atom. The van der Waals surface area contributed by atoms with E-state index in [1.165, 1.54) is 0 Å². The lowest BCUT2D eigenvalue weighted by atomic mass is 10.2. The van der Waals surface area contributed by atoms with Crippen molar-refractivity contribution >= 4 is 28.8 Å². The molecule has 3 heterocycles. The minimum Gasteiger partial charge on any atom is -0.326 e. The first kappa shape index (κ1) is 19.0. The lowest BCUT2D eigenvalue weighted by Crippen LogP contribution is -2.16. The molecule has 0 radical (unpaired) electrons. The Morgan fingerprint density at radius 2 is 1.97 bits per heavy atom. The predicted octanol–water partition coefficient (Wildman–Crippen LogP) is 3.43. The fourth-order valence-corrected chi connectivity index (χ4v) is 3.61. The molecule has 2 amide bonds. The van der Waals surface area contributed by atoms with Crippen LogP contribution < -0.4 is 10.6 Å². The lowest BCUT2D eigenvalue weighted by Gasteiger charge is -2.07. The zero-order chi connectivity index (χ0) is 21.4. The molecule has 1 saturated carbocycles. The van der Waals surface area contributed by atoms with Crippen LogP contribution in [0.15, 0.2) is 67.3 Å². The van der Waals surface area contributed by atoms with Crippen LogP contribution in [0, 0.1) is 11.8 Å². The van der Waals surface area contributed by atoms with Crippen LogP contribution in [0.4, 0.5) is 11.4 Å². The van der Waals surface area contributed by atoms with Gasteiger partial charge in [-0.25, -0.2) is 4.98 Å². The second-order valence-corrected chi connectivity index (χ2v) is 7.97. The van der Waals surface area contributed by atoms with E-state index in [4.69, 9.17) is 0 Å². The van der Waals surface area contributed by atoms with E-state index in [2.05, 4.69) is 27.6 Å². The minimum atomic E-state index is -0.261. The first-order valence-electron chi connectivity index (χ1n) is 10.2. The molecule has 1 aromatic carbocycles. The third kappa shape index (κ3) is 4.18. The smallest absolute Gasteiger partial charge is 0.255 e. The molecule has 2 N–H and O–H groups in total. The van der Waals surface area contributed by atoms with Gasteiger partial charge in [-0.2, -0.15) is 5.10 Å². The second-order valence-electron chi connectivity index (χ2n) is 7.97. The Hall–Kier alpha value is -3.94. The highest BCUT2D eigenvalue weighted by Gasteiger charge is 2.39. The van der Waals surface area contributed by atoms with Crippen molar-refractivity contribution in [1.82, 2.24) is 19.2 Å². The van der Waals surface area contributed by atoms with Crippen molar-refractivity contribution in [2.45, 2.75) is 19.9 Å². The van der Waals surface area contributed by atoms with Gasteiger partial charge < -0.3 is 15.0 Å². The second kappa shape index (κ2) is 7.71. The van der Waals surface area contributed by atoms with Crippen molar-refractivity contribution in [3.05, 3.63) is 78.5 Å². The number of carbonyl (C=O) groups excluding carboxylic acids is 2. The number of pyridine rings is 1. The van der Waals surface area contributed by atoms with Crippen LogP contribution in [0.25, 0.3) is 5.65 Å². The average molecular weight is 414 g/mol. The maximum absolute atomic E-state index is 12.7. The Labute approximate surface area is 178 Å². The number of hydrogen-bond donors (Lipinski definition) is 2. The number of hydrogen-bond acceptors (Lipinski definition) is 4. The van der Waals surface area contributed by atoms with Crippen LogP contribution in [0.5, 0.6) is 0 Å². The van der Waals surface area contributed by atoms with Gasteiger partial charge in [0.1, 0.15) is 5.65 Å². The number of anilines is 2. The van der Waals surface area contributed by atoms with E-state index >= 15 is 0 Å². The van der Waals surface area contributed by atoms with Crippen molar-refractivity contribution < 1.29 is 9.59 Å². The standard InChI is InChI=1S/C23H22N6O2/c1-15-9-20(15)23(31)26-17-6-4-5-16(10-17)22(30)27-18-11-24-29(13-18)14-19-12-28-8-3-2-7-21(28)25-19/h2-8,10-13,15,20H,9,14H2,1H3,(H,26,31)(H,27,30). The van der Waals surface area contributed by atoms with Gasteiger partial charge in [-0.05, 0) is 42.7 Å². The number of nitrogens with zero attached hydrogens (tertiary/aromatic N) is 4. The fraction of sp³-hybridized carbons (Fsp3) is 0.217. The number of benzene rings is 1. The summed E-state index contributed by atoms with van der Waals surface area (Å²) in [5.41, 5.74) is 3.44. The zero-order valence-corrected chi connectivity index (χ0v) is 17.0. The van der Waals surface area contributed by atoms with E-state index in [9.17, 15) is 9.59 Å². The van der Waals surface area contributed by atoms with E-state index in [1.54, 1.807) is 41.3 Å². The van der Waals surface area contributed by atoms with Crippen molar-refractivity contribution in [2.75, 3.05) is 10.6 Å². The van der Waals surface area contributed by atoms with Gasteiger partial charge in [0.05, 0.1) is 24.1 Å². The van der Waals surface area contributed by atoms with Crippen molar-refractivity contribution in [1.29, 1.82) is 0 Å². The molecular formula is C23H22N6O2. The Balaban J connectivity index is 1.23. The molecule has 2 atom stereocenters. The molecule has 156 valence electrons. The molecule has 31 heavy (non-hydrogen) atoms. The number of rotatable bonds is 6. The van der Waals surface area contributed by atoms with Gasteiger partial charge in [0, 0.05) is 35.8 Å². The normalized spacial score (nSPS) is 17.5. The van der Waals surface area contributed by atoms with Crippen molar-refractivity contribution in [2.24, 2.45) is 11.8 Å². The van der Waals surface area contributed by atoms with E-state index in [1.807, 2.05) is 35.0 Å². The molecule has 3 aromatic heterocycles. The van der Waals surface area contributed by atoms with Crippen LogP contribution >= 0.6 is 0 Å². The summed E-state index contributed by atoms with van der Waals surface area (Å²) in [6.45, 7) is 2.56. The average Bonchev–Trinajstić information content (AvgIpc) is 3.15. The summed E-state index contributed by atoms with van der Waals surface area (Å²) in [5.74, 6) is 0.265. The predicted molar refractivity (Wildman–Crippen MR) is 117 cm³/mol. The molecule has 0 aliphatic heterocycles. The highest BCUT2D eigenvalue weighted by molar-refractivity contribution is 6.05. The maximum atomic E-state index is 12.7. The quantitative estimate of drug-likeness (QED) is 0.506. The van der Waals surface area contributed by atoms with Crippen molar-refractivity contribution in [3.8, 4) is 0 Å². The van der Waals surface area contributed by atoms with Crippen LogP contribution in [0.3, 0.4) is 0 Å². The third-order valence-corrected chi connectivity index (χ3v) is 5.47. The third-order valence-electron chi connectivity index (χ3n) is 5.47. The molecule has 1 fully saturated rings. The summed E-state index contributed by atoms with van der Waals surface area (Å²) in [4.78, 5) is 29.4. The highest BCUT2D eigenvalue weighted by atomic mass is 16.2. The first-order chi connectivity index (χ1) is 15.0. The topological polar surface area (TPSA) is 93.3 Å². The van der Waals surface area contributed by atoms with Crippen LogP contribution in [-0.2, 0) is 11.3 Å². The van der Waals surface area contributed by atoms with Crippen molar-refractivity contribution in [3.63, 3.8) is 0 Å². The monoisotopic (exact) mass is 414 g/mol. The molecule has 0 spiro atoms. The Kier molecular flexibility index (Phi) is 4.74. The number of carbonyl (C=O) groups is 2. The largest absolute Gasteiger partial charge is 0.326 e. The number of fused-ring (bicyclic) bond motifs is 1. The van der Waals surface area contributed by atoms with E-state index in [0.717, 1.165) is 17.8 Å². The van der Waals surface area contributed by atoms with Gasteiger partial charge in [-0.1, -0.05) is 19.1 Å². The minimum absolute atomic E-state index is 0.0123. The Morgan fingerprint density at radius 3 is 2.77 bits per heavy atom. The van der Waals surface area contributed by atoms with E-state index < -0.39 is 0 Å². The molecule has 5 rings (SSSR count). The van der Waals surface area contributed by atoms with Gasteiger partial charge >= 0.3 is 0 Å². The number of nitrogens with one attached hydrogen (secondary N) is 2. The lowest BCUT2D eigenvalue weighted by molar-refractivity contribution is -0.117. The van der Waals surface area contributed by atoms with E-state index in [0.29, 0.717) is 29.4 Å². The fourth-order valence-electron chi connectivity index (χ4n) is 3.61. The molecule has 8 heteroatoms. The summed E-state index contributed by atoms with van der Waals surface area (Å²) in [6, 6.07) is 12.8. The summed E-state index contributed by atoms with van der Waals surface area (Å²) in [6.07, 6.45) is 8.20. The molecule has 4 aromatic rings. The van der Waals surface area contributed by atoms with Crippen LogP contribution in [-0.4, -0.2) is 31.0 Å². The molecule has 1 aliphatic rings. The van der Waals surface area contributed by atoms with Gasteiger partial charge in [-0.3, -0.25) is 14.3 Å². The highest BCUT2D eigenvalue weighted by Crippen LogP contribution is 2.38. The number of imidazole rings is 1. The first-order valence-corrected chi connectivity index (χ1v) is 10.2. The summed E-state index contributed by atoms with van der Waals surface area (Å²) in [5, 5.41) is 10.1. The van der Waals surface area contributed by atoms with Crippen LogP contribution in [0.2, 0.25) is 0 Å². The summed E-state index contributed by atoms with van der Waals surface area (Å²) >= 11 is 0. The maximum Gasteiger partial charge on any atom is 0.255 e. The van der Waals surface area contributed by atoms with E-state index in [-0.39, 0.29) is 17.7 Å². The summed E-state index contributed by atoms with van der Waals surface area (Å²) in [7, 11) is 0. The molecular weight excluding hydrogens is 392 g/mol.